The number of rotatable bonds is 3. The number of nitrogen functional groups attached to an aromatic ring is 1. The molecule has 1 aromatic heterocycles. The Hall–Kier alpha value is -2.76. The second-order valence-corrected chi connectivity index (χ2v) is 4.70. The summed E-state index contributed by atoms with van der Waals surface area (Å²) in [7, 11) is 3.13. The predicted octanol–water partition coefficient (Wildman–Crippen LogP) is 1.84. The number of aromatic nitrogens is 1. The third-order valence-corrected chi connectivity index (χ3v) is 3.49. The maximum atomic E-state index is 12.5. The van der Waals surface area contributed by atoms with Crippen molar-refractivity contribution in [3.63, 3.8) is 0 Å². The molecule has 0 saturated heterocycles. The van der Waals surface area contributed by atoms with Crippen molar-refractivity contribution in [2.24, 2.45) is 0 Å². The molecule has 2 N–H and O–H groups in total. The molecule has 0 fully saturated rings. The fourth-order valence-corrected chi connectivity index (χ4v) is 2.41. The standard InChI is InChI=1S/C15H15N3O3/c1-20-12-4-3-10(5-13(12)21-2)18-8-9-7-17-14(16)6-11(9)15(18)19/h3-7H,8H2,1-2H3,(H2,16,17). The molecule has 0 spiro atoms. The highest BCUT2D eigenvalue weighted by Gasteiger charge is 2.29. The molecule has 0 atom stereocenters. The molecule has 6 heteroatoms. The first-order chi connectivity index (χ1) is 10.1. The van der Waals surface area contributed by atoms with E-state index in [0.717, 1.165) is 11.3 Å². The SMILES string of the molecule is COc1ccc(N2Cc3cnc(N)cc3C2=O)cc1OC. The molecule has 0 radical (unpaired) electrons. The summed E-state index contributed by atoms with van der Waals surface area (Å²) in [5, 5.41) is 0. The van der Waals surface area contributed by atoms with E-state index in [1.54, 1.807) is 43.5 Å². The van der Waals surface area contributed by atoms with Crippen LogP contribution in [0.15, 0.2) is 30.5 Å². The van der Waals surface area contributed by atoms with Crippen LogP contribution in [0.5, 0.6) is 11.5 Å². The molecule has 2 heterocycles. The number of carbonyl (C=O) groups is 1. The van der Waals surface area contributed by atoms with Crippen LogP contribution in [0.3, 0.4) is 0 Å². The van der Waals surface area contributed by atoms with E-state index in [4.69, 9.17) is 15.2 Å². The molecular weight excluding hydrogens is 270 g/mol. The Labute approximate surface area is 122 Å². The number of nitrogens with zero attached hydrogens (tertiary/aromatic N) is 2. The van der Waals surface area contributed by atoms with Gasteiger partial charge in [-0.15, -0.1) is 0 Å². The molecule has 2 aromatic rings. The zero-order chi connectivity index (χ0) is 15.0. The monoisotopic (exact) mass is 285 g/mol. The predicted molar refractivity (Wildman–Crippen MR) is 78.7 cm³/mol. The zero-order valence-corrected chi connectivity index (χ0v) is 11.8. The van der Waals surface area contributed by atoms with Crippen LogP contribution in [0.1, 0.15) is 15.9 Å². The molecule has 0 aliphatic carbocycles. The van der Waals surface area contributed by atoms with Gasteiger partial charge in [0, 0.05) is 23.5 Å². The lowest BCUT2D eigenvalue weighted by molar-refractivity contribution is 0.0996. The Morgan fingerprint density at radius 3 is 2.67 bits per heavy atom. The minimum absolute atomic E-state index is 0.0914. The van der Waals surface area contributed by atoms with E-state index in [2.05, 4.69) is 4.98 Å². The smallest absolute Gasteiger partial charge is 0.259 e. The van der Waals surface area contributed by atoms with Crippen molar-refractivity contribution in [1.29, 1.82) is 0 Å². The van der Waals surface area contributed by atoms with Crippen LogP contribution in [0, 0.1) is 0 Å². The lowest BCUT2D eigenvalue weighted by atomic mass is 10.2. The third-order valence-electron chi connectivity index (χ3n) is 3.49. The van der Waals surface area contributed by atoms with Crippen molar-refractivity contribution < 1.29 is 14.3 Å². The fourth-order valence-electron chi connectivity index (χ4n) is 2.41. The fraction of sp³-hybridized carbons (Fsp3) is 0.200. The Morgan fingerprint density at radius 1 is 1.19 bits per heavy atom. The van der Waals surface area contributed by atoms with Gasteiger partial charge in [0.25, 0.3) is 5.91 Å². The van der Waals surface area contributed by atoms with Gasteiger partial charge in [-0.25, -0.2) is 4.98 Å². The highest BCUT2D eigenvalue weighted by molar-refractivity contribution is 6.10. The maximum absolute atomic E-state index is 12.5. The van der Waals surface area contributed by atoms with Gasteiger partial charge in [0.15, 0.2) is 11.5 Å². The second kappa shape index (κ2) is 4.97. The van der Waals surface area contributed by atoms with E-state index in [1.165, 1.54) is 0 Å². The lowest BCUT2D eigenvalue weighted by Gasteiger charge is -2.17. The molecule has 3 rings (SSSR count). The minimum Gasteiger partial charge on any atom is -0.493 e. The summed E-state index contributed by atoms with van der Waals surface area (Å²) in [6, 6.07) is 6.98. The van der Waals surface area contributed by atoms with Gasteiger partial charge in [-0.3, -0.25) is 4.79 Å². The largest absolute Gasteiger partial charge is 0.493 e. The van der Waals surface area contributed by atoms with Gasteiger partial charge in [0.2, 0.25) is 0 Å². The van der Waals surface area contributed by atoms with Crippen LogP contribution >= 0.6 is 0 Å². The molecule has 1 aliphatic heterocycles. The van der Waals surface area contributed by atoms with Crippen LogP contribution in [0.2, 0.25) is 0 Å². The molecular formula is C15H15N3O3. The average Bonchev–Trinajstić information content (AvgIpc) is 2.83. The first-order valence-electron chi connectivity index (χ1n) is 6.42. The van der Waals surface area contributed by atoms with E-state index in [9.17, 15) is 4.79 Å². The molecule has 1 amide bonds. The van der Waals surface area contributed by atoms with E-state index in [1.807, 2.05) is 6.07 Å². The first kappa shape index (κ1) is 13.2. The van der Waals surface area contributed by atoms with Gasteiger partial charge < -0.3 is 20.1 Å². The number of carbonyl (C=O) groups excluding carboxylic acids is 1. The molecule has 108 valence electrons. The Balaban J connectivity index is 1.98. The quantitative estimate of drug-likeness (QED) is 0.931. The van der Waals surface area contributed by atoms with Gasteiger partial charge in [0.1, 0.15) is 5.82 Å². The van der Waals surface area contributed by atoms with Gasteiger partial charge in [-0.05, 0) is 18.2 Å². The Kier molecular flexibility index (Phi) is 3.13. The molecule has 0 saturated carbocycles. The number of fused-ring (bicyclic) bond motifs is 1. The minimum atomic E-state index is -0.0914. The molecule has 6 nitrogen and oxygen atoms in total. The molecule has 1 aromatic carbocycles. The van der Waals surface area contributed by atoms with Crippen molar-refractivity contribution in [3.05, 3.63) is 41.6 Å². The van der Waals surface area contributed by atoms with Crippen LogP contribution in [0.25, 0.3) is 0 Å². The molecule has 0 unspecified atom stereocenters. The first-order valence-corrected chi connectivity index (χ1v) is 6.42. The van der Waals surface area contributed by atoms with Gasteiger partial charge in [0.05, 0.1) is 26.3 Å². The zero-order valence-electron chi connectivity index (χ0n) is 11.8. The molecule has 21 heavy (non-hydrogen) atoms. The van der Waals surface area contributed by atoms with Gasteiger partial charge in [-0.1, -0.05) is 0 Å². The van der Waals surface area contributed by atoms with Crippen LogP contribution in [0.4, 0.5) is 11.5 Å². The van der Waals surface area contributed by atoms with Gasteiger partial charge >= 0.3 is 0 Å². The summed E-state index contributed by atoms with van der Waals surface area (Å²) in [6.07, 6.45) is 1.64. The molecule has 1 aliphatic rings. The van der Waals surface area contributed by atoms with Crippen molar-refractivity contribution in [2.75, 3.05) is 24.9 Å². The summed E-state index contributed by atoms with van der Waals surface area (Å²) in [6.45, 7) is 0.469. The summed E-state index contributed by atoms with van der Waals surface area (Å²) in [5.41, 5.74) is 7.84. The van der Waals surface area contributed by atoms with Crippen LogP contribution < -0.4 is 20.1 Å². The van der Waals surface area contributed by atoms with E-state index < -0.39 is 0 Å². The number of amides is 1. The summed E-state index contributed by atoms with van der Waals surface area (Å²) >= 11 is 0. The number of hydrogen-bond acceptors (Lipinski definition) is 5. The second-order valence-electron chi connectivity index (χ2n) is 4.70. The van der Waals surface area contributed by atoms with Crippen LogP contribution in [-0.2, 0) is 6.54 Å². The summed E-state index contributed by atoms with van der Waals surface area (Å²) < 4.78 is 10.5. The number of anilines is 2. The number of methoxy groups -OCH3 is 2. The maximum Gasteiger partial charge on any atom is 0.259 e. The number of ether oxygens (including phenoxy) is 2. The van der Waals surface area contributed by atoms with Crippen molar-refractivity contribution in [1.82, 2.24) is 4.98 Å². The number of pyridine rings is 1. The normalized spacial score (nSPS) is 13.2. The number of benzene rings is 1. The highest BCUT2D eigenvalue weighted by Crippen LogP contribution is 2.35. The van der Waals surface area contributed by atoms with Crippen molar-refractivity contribution in [2.45, 2.75) is 6.54 Å². The van der Waals surface area contributed by atoms with Crippen molar-refractivity contribution >= 4 is 17.4 Å². The Morgan fingerprint density at radius 2 is 1.95 bits per heavy atom. The van der Waals surface area contributed by atoms with E-state index >= 15 is 0 Å². The topological polar surface area (TPSA) is 77.7 Å². The average molecular weight is 285 g/mol. The van der Waals surface area contributed by atoms with E-state index in [0.29, 0.717) is 29.4 Å². The lowest BCUT2D eigenvalue weighted by Crippen LogP contribution is -2.23. The summed E-state index contributed by atoms with van der Waals surface area (Å²) in [4.78, 5) is 18.2. The number of hydrogen-bond donors (Lipinski definition) is 1. The van der Waals surface area contributed by atoms with Crippen LogP contribution in [-0.4, -0.2) is 25.1 Å². The Bertz CT molecular complexity index is 715. The van der Waals surface area contributed by atoms with Crippen molar-refractivity contribution in [3.8, 4) is 11.5 Å². The van der Waals surface area contributed by atoms with Gasteiger partial charge in [-0.2, -0.15) is 0 Å². The van der Waals surface area contributed by atoms with E-state index in [-0.39, 0.29) is 5.91 Å². The summed E-state index contributed by atoms with van der Waals surface area (Å²) in [5.74, 6) is 1.45. The number of nitrogens with two attached hydrogens (primary N) is 1. The highest BCUT2D eigenvalue weighted by atomic mass is 16.5. The molecule has 0 bridgehead atoms. The third kappa shape index (κ3) is 2.14.